The first kappa shape index (κ1) is 18.8. The van der Waals surface area contributed by atoms with Gasteiger partial charge in [-0.05, 0) is 24.6 Å². The zero-order valence-corrected chi connectivity index (χ0v) is 15.6. The Kier molecular flexibility index (Phi) is 5.13. The number of carbonyl (C=O) groups is 1. The molecule has 7 nitrogen and oxygen atoms in total. The van der Waals surface area contributed by atoms with E-state index >= 15 is 0 Å². The molecule has 0 spiro atoms. The fraction of sp³-hybridized carbons (Fsp3) is 0.222. The zero-order valence-electron chi connectivity index (χ0n) is 14.7. The van der Waals surface area contributed by atoms with Crippen molar-refractivity contribution in [1.82, 2.24) is 9.97 Å². The number of nitrogens with one attached hydrogen (secondary N) is 2. The minimum atomic E-state index is -3.68. The van der Waals surface area contributed by atoms with E-state index in [1.807, 2.05) is 0 Å². The second kappa shape index (κ2) is 7.36. The first-order valence-electron chi connectivity index (χ1n) is 8.21. The number of nitrogens with zero attached hydrogens (tertiary/aromatic N) is 1. The number of anilines is 1. The Morgan fingerprint density at radius 1 is 1.33 bits per heavy atom. The number of aromatic nitrogens is 2. The number of hydrogen-bond acceptors (Lipinski definition) is 5. The molecule has 0 saturated carbocycles. The van der Waals surface area contributed by atoms with Crippen molar-refractivity contribution >= 4 is 32.5 Å². The summed E-state index contributed by atoms with van der Waals surface area (Å²) in [7, 11) is -2.21. The van der Waals surface area contributed by atoms with Crippen molar-refractivity contribution in [1.29, 1.82) is 0 Å². The van der Waals surface area contributed by atoms with Crippen LogP contribution < -0.4 is 9.46 Å². The van der Waals surface area contributed by atoms with Gasteiger partial charge in [-0.3, -0.25) is 9.52 Å². The van der Waals surface area contributed by atoms with Gasteiger partial charge < -0.3 is 9.72 Å². The Hall–Kier alpha value is -2.94. The molecule has 0 radical (unpaired) electrons. The summed E-state index contributed by atoms with van der Waals surface area (Å²) in [6, 6.07) is 5.63. The van der Waals surface area contributed by atoms with Gasteiger partial charge in [0.2, 0.25) is 10.0 Å². The summed E-state index contributed by atoms with van der Waals surface area (Å²) in [6.07, 6.45) is 3.32. The highest BCUT2D eigenvalue weighted by Gasteiger charge is 2.22. The predicted octanol–water partition coefficient (Wildman–Crippen LogP) is 3.09. The highest BCUT2D eigenvalue weighted by molar-refractivity contribution is 7.92. The maximum absolute atomic E-state index is 14.8. The number of benzene rings is 1. The number of halogens is 1. The molecule has 1 aromatic carbocycles. The van der Waals surface area contributed by atoms with Crippen LogP contribution in [-0.2, 0) is 10.0 Å². The van der Waals surface area contributed by atoms with E-state index in [9.17, 15) is 17.6 Å². The molecule has 2 heterocycles. The van der Waals surface area contributed by atoms with E-state index in [2.05, 4.69) is 14.7 Å². The van der Waals surface area contributed by atoms with Gasteiger partial charge in [0, 0.05) is 17.1 Å². The number of H-pyrrole nitrogens is 1. The number of aromatic amines is 1. The van der Waals surface area contributed by atoms with Gasteiger partial charge in [-0.2, -0.15) is 0 Å². The highest BCUT2D eigenvalue weighted by Crippen LogP contribution is 2.27. The monoisotopic (exact) mass is 391 g/mol. The first-order valence-corrected chi connectivity index (χ1v) is 9.86. The quantitative estimate of drug-likeness (QED) is 0.603. The van der Waals surface area contributed by atoms with Gasteiger partial charge in [0.05, 0.1) is 30.3 Å². The molecule has 0 unspecified atom stereocenters. The van der Waals surface area contributed by atoms with Crippen LogP contribution in [0.4, 0.5) is 10.1 Å². The summed E-state index contributed by atoms with van der Waals surface area (Å²) in [5.74, 6) is -1.20. The third kappa shape index (κ3) is 3.77. The van der Waals surface area contributed by atoms with Crippen molar-refractivity contribution in [2.75, 3.05) is 17.6 Å². The smallest absolute Gasteiger partial charge is 0.232 e. The lowest BCUT2D eigenvalue weighted by molar-refractivity contribution is 0.103. The molecule has 2 N–H and O–H groups in total. The number of ketones is 1. The molecule has 2 aromatic heterocycles. The van der Waals surface area contributed by atoms with E-state index in [0.29, 0.717) is 23.2 Å². The van der Waals surface area contributed by atoms with Gasteiger partial charge in [0.1, 0.15) is 11.4 Å². The number of carbonyl (C=O) groups excluding carboxylic acids is 1. The van der Waals surface area contributed by atoms with Crippen molar-refractivity contribution < 1.29 is 22.3 Å². The van der Waals surface area contributed by atoms with Crippen LogP contribution in [0.2, 0.25) is 0 Å². The van der Waals surface area contributed by atoms with E-state index in [1.165, 1.54) is 37.7 Å². The van der Waals surface area contributed by atoms with Crippen molar-refractivity contribution in [2.24, 2.45) is 0 Å². The molecule has 142 valence electrons. The molecule has 0 fully saturated rings. The molecule has 3 rings (SSSR count). The van der Waals surface area contributed by atoms with E-state index in [0.717, 1.165) is 0 Å². The lowest BCUT2D eigenvalue weighted by atomic mass is 10.0. The first-order chi connectivity index (χ1) is 12.9. The van der Waals surface area contributed by atoms with Crippen LogP contribution in [0.3, 0.4) is 0 Å². The standard InChI is InChI=1S/C18H18FN3O4S/c1-3-7-27(24,25)22-15-6-4-5-12(16(15)19)17(23)14-10-21-18-13(14)8-11(26-2)9-20-18/h4-6,8-10,22H,3,7H2,1-2H3,(H,20,21). The number of sulfonamides is 1. The van der Waals surface area contributed by atoms with Crippen LogP contribution in [0.5, 0.6) is 5.75 Å². The van der Waals surface area contributed by atoms with Gasteiger partial charge in [-0.1, -0.05) is 13.0 Å². The van der Waals surface area contributed by atoms with Crippen LogP contribution >= 0.6 is 0 Å². The SMILES string of the molecule is CCCS(=O)(=O)Nc1cccc(C(=O)c2c[nH]c3ncc(OC)cc23)c1F. The van der Waals surface area contributed by atoms with E-state index < -0.39 is 21.6 Å². The molecule has 3 aromatic rings. The molecule has 0 aliphatic carbocycles. The Morgan fingerprint density at radius 3 is 2.81 bits per heavy atom. The Morgan fingerprint density at radius 2 is 2.11 bits per heavy atom. The van der Waals surface area contributed by atoms with Crippen molar-refractivity contribution in [3.8, 4) is 5.75 Å². The number of rotatable bonds is 7. The minimum absolute atomic E-state index is 0.140. The lowest BCUT2D eigenvalue weighted by Gasteiger charge is -2.10. The predicted molar refractivity (Wildman–Crippen MR) is 100 cm³/mol. The number of hydrogen-bond donors (Lipinski definition) is 2. The zero-order chi connectivity index (χ0) is 19.6. The van der Waals surface area contributed by atoms with Crippen LogP contribution in [-0.4, -0.2) is 37.0 Å². The Labute approximate surface area is 155 Å². The van der Waals surface area contributed by atoms with Gasteiger partial charge in [-0.25, -0.2) is 17.8 Å². The van der Waals surface area contributed by atoms with Crippen LogP contribution in [0, 0.1) is 5.82 Å². The molecule has 0 saturated heterocycles. The normalized spacial score (nSPS) is 11.5. The molecule has 0 atom stereocenters. The molecule has 9 heteroatoms. The van der Waals surface area contributed by atoms with Crippen LogP contribution in [0.15, 0.2) is 36.7 Å². The molecule has 0 aliphatic heterocycles. The van der Waals surface area contributed by atoms with Gasteiger partial charge in [-0.15, -0.1) is 0 Å². The molecular formula is C18H18FN3O4S. The topological polar surface area (TPSA) is 101 Å². The third-order valence-corrected chi connectivity index (χ3v) is 5.44. The number of fused-ring (bicyclic) bond motifs is 1. The average Bonchev–Trinajstić information content (AvgIpc) is 3.05. The van der Waals surface area contributed by atoms with Crippen LogP contribution in [0.1, 0.15) is 29.3 Å². The van der Waals surface area contributed by atoms with Crippen molar-refractivity contribution in [2.45, 2.75) is 13.3 Å². The Bertz CT molecular complexity index is 1110. The maximum Gasteiger partial charge on any atom is 0.232 e. The number of pyridine rings is 1. The maximum atomic E-state index is 14.8. The second-order valence-corrected chi connectivity index (χ2v) is 7.73. The molecule has 0 amide bonds. The van der Waals surface area contributed by atoms with Gasteiger partial charge >= 0.3 is 0 Å². The highest BCUT2D eigenvalue weighted by atomic mass is 32.2. The van der Waals surface area contributed by atoms with Gasteiger partial charge in [0.15, 0.2) is 11.6 Å². The molecule has 27 heavy (non-hydrogen) atoms. The molecule has 0 bridgehead atoms. The lowest BCUT2D eigenvalue weighted by Crippen LogP contribution is -2.18. The van der Waals surface area contributed by atoms with Gasteiger partial charge in [0.25, 0.3) is 0 Å². The third-order valence-electron chi connectivity index (χ3n) is 3.97. The summed E-state index contributed by atoms with van der Waals surface area (Å²) in [4.78, 5) is 19.9. The fourth-order valence-corrected chi connectivity index (χ4v) is 3.83. The summed E-state index contributed by atoms with van der Waals surface area (Å²) in [5.41, 5.74) is 0.170. The van der Waals surface area contributed by atoms with Crippen molar-refractivity contribution in [3.63, 3.8) is 0 Å². The minimum Gasteiger partial charge on any atom is -0.495 e. The summed E-state index contributed by atoms with van der Waals surface area (Å²) >= 11 is 0. The van der Waals surface area contributed by atoms with E-state index in [1.54, 1.807) is 13.0 Å². The van der Waals surface area contributed by atoms with E-state index in [4.69, 9.17) is 4.74 Å². The van der Waals surface area contributed by atoms with E-state index in [-0.39, 0.29) is 22.6 Å². The average molecular weight is 391 g/mol. The second-order valence-electron chi connectivity index (χ2n) is 5.89. The largest absolute Gasteiger partial charge is 0.495 e. The fourth-order valence-electron chi connectivity index (χ4n) is 2.70. The summed E-state index contributed by atoms with van der Waals surface area (Å²) in [5, 5.41) is 0.482. The number of methoxy groups -OCH3 is 1. The van der Waals surface area contributed by atoms with Crippen molar-refractivity contribution in [3.05, 3.63) is 53.6 Å². The number of ether oxygens (including phenoxy) is 1. The Balaban J connectivity index is 2.02. The molecule has 0 aliphatic rings. The molecular weight excluding hydrogens is 373 g/mol. The van der Waals surface area contributed by atoms with Crippen LogP contribution in [0.25, 0.3) is 11.0 Å². The summed E-state index contributed by atoms with van der Waals surface area (Å²) < 4.78 is 46.0. The summed E-state index contributed by atoms with van der Waals surface area (Å²) in [6.45, 7) is 1.70.